The summed E-state index contributed by atoms with van der Waals surface area (Å²) in [5.41, 5.74) is 5.15. The molecule has 5 aromatic rings. The highest BCUT2D eigenvalue weighted by atomic mass is 16.6. The molecule has 0 bridgehead atoms. The zero-order valence-corrected chi connectivity index (χ0v) is 36.6. The van der Waals surface area contributed by atoms with Crippen LogP contribution in [0.1, 0.15) is 70.2 Å². The first-order chi connectivity index (χ1) is 29.8. The van der Waals surface area contributed by atoms with Crippen molar-refractivity contribution in [3.05, 3.63) is 130 Å². The third-order valence-corrected chi connectivity index (χ3v) is 11.9. The minimum Gasteiger partial charge on any atom is -0.469 e. The molecule has 13 heteroatoms. The lowest BCUT2D eigenvalue weighted by atomic mass is 9.71. The van der Waals surface area contributed by atoms with Crippen LogP contribution in [0.15, 0.2) is 112 Å². The number of Topliss-reactive ketones (excluding diaryl/α,β-unsaturated/α-hetero) is 2. The lowest BCUT2D eigenvalue weighted by Crippen LogP contribution is -2.44. The second-order valence-electron chi connectivity index (χ2n) is 16.9. The summed E-state index contributed by atoms with van der Waals surface area (Å²) >= 11 is 0. The van der Waals surface area contributed by atoms with Crippen molar-refractivity contribution in [3.8, 4) is 17.1 Å². The molecule has 0 unspecified atom stereocenters. The first-order valence-electron chi connectivity index (χ1n) is 21.3. The van der Waals surface area contributed by atoms with E-state index in [0.29, 0.717) is 77.7 Å². The summed E-state index contributed by atoms with van der Waals surface area (Å²) in [6.07, 6.45) is 4.32. The Morgan fingerprint density at radius 1 is 0.806 bits per heavy atom. The number of benzene rings is 2. The van der Waals surface area contributed by atoms with Crippen molar-refractivity contribution in [1.29, 1.82) is 0 Å². The number of ketones is 2. The Kier molecular flexibility index (Phi) is 13.6. The second-order valence-corrected chi connectivity index (χ2v) is 16.9. The molecule has 0 atom stereocenters. The van der Waals surface area contributed by atoms with Gasteiger partial charge in [-0.25, -0.2) is 14.8 Å². The average Bonchev–Trinajstić information content (AvgIpc) is 3.91. The standard InChI is InChI=1S/C49H56N6O7/c1-33-34(2)45(58)43(35(3)44(33)57)49(4,5)31-42(56)52(6)22-23-54(21-14-20-53-24-27-60-28-25-53)48(59)62-47-40(30-38-19-13-26-61-38)51-46-39(29-36-15-9-7-10-16-36)50-41(32-55(46)47)37-17-11-8-12-18-37/h7-13,15-19,26,32H,14,20-25,27-31H2,1-6H3. The number of amides is 2. The van der Waals surface area contributed by atoms with Crippen LogP contribution in [-0.2, 0) is 32.0 Å². The molecular formula is C49H56N6O7. The normalized spacial score (nSPS) is 15.1. The van der Waals surface area contributed by atoms with Crippen LogP contribution in [0.5, 0.6) is 5.88 Å². The van der Waals surface area contributed by atoms with Gasteiger partial charge >= 0.3 is 6.09 Å². The highest BCUT2D eigenvalue weighted by Crippen LogP contribution is 2.39. The summed E-state index contributed by atoms with van der Waals surface area (Å²) in [4.78, 5) is 70.6. The first kappa shape index (κ1) is 43.9. The third kappa shape index (κ3) is 9.95. The number of nitrogens with zero attached hydrogens (tertiary/aromatic N) is 6. The lowest BCUT2D eigenvalue weighted by molar-refractivity contribution is -0.132. The van der Waals surface area contributed by atoms with Crippen molar-refractivity contribution in [3.63, 3.8) is 0 Å². The van der Waals surface area contributed by atoms with Crippen molar-refractivity contribution >= 4 is 29.2 Å². The molecular weight excluding hydrogens is 785 g/mol. The van der Waals surface area contributed by atoms with Crippen molar-refractivity contribution < 1.29 is 33.1 Å². The van der Waals surface area contributed by atoms with Crippen molar-refractivity contribution in [2.75, 3.05) is 59.5 Å². The SMILES string of the molecule is CC1=C(C)C(=O)C(C(C)(C)CC(=O)N(C)CCN(CCCN2CCOCC2)C(=O)Oc2c(Cc3ccco3)nc3c(Cc4ccccc4)nc(-c4ccccc4)cn23)=C(C)C1=O. The number of allylic oxidation sites excluding steroid dienone is 4. The summed E-state index contributed by atoms with van der Waals surface area (Å²) in [6.45, 7) is 13.1. The molecule has 2 aromatic carbocycles. The molecule has 2 amide bonds. The Labute approximate surface area is 363 Å². The van der Waals surface area contributed by atoms with Crippen LogP contribution in [0.3, 0.4) is 0 Å². The number of furan rings is 1. The predicted molar refractivity (Wildman–Crippen MR) is 236 cm³/mol. The van der Waals surface area contributed by atoms with E-state index in [1.165, 1.54) is 0 Å². The zero-order chi connectivity index (χ0) is 44.0. The van der Waals surface area contributed by atoms with Gasteiger partial charge in [-0.2, -0.15) is 0 Å². The number of imidazole rings is 1. The minimum absolute atomic E-state index is 0.00402. The largest absolute Gasteiger partial charge is 0.469 e. The molecule has 0 radical (unpaired) electrons. The van der Waals surface area contributed by atoms with Crippen molar-refractivity contribution in [2.24, 2.45) is 5.41 Å². The molecule has 0 spiro atoms. The summed E-state index contributed by atoms with van der Waals surface area (Å²) in [5, 5.41) is 0. The second kappa shape index (κ2) is 19.3. The van der Waals surface area contributed by atoms with E-state index in [1.54, 1.807) is 43.9 Å². The van der Waals surface area contributed by atoms with Gasteiger partial charge in [-0.15, -0.1) is 0 Å². The summed E-state index contributed by atoms with van der Waals surface area (Å²) < 4.78 is 19.6. The van der Waals surface area contributed by atoms with Gasteiger partial charge in [-0.05, 0) is 44.9 Å². The molecule has 7 rings (SSSR count). The number of hydrogen-bond donors (Lipinski definition) is 0. The number of morpholine rings is 1. The molecule has 0 saturated carbocycles. The average molecular weight is 841 g/mol. The van der Waals surface area contributed by atoms with E-state index in [4.69, 9.17) is 23.9 Å². The van der Waals surface area contributed by atoms with Gasteiger partial charge in [-0.3, -0.25) is 23.7 Å². The van der Waals surface area contributed by atoms with Gasteiger partial charge in [-0.1, -0.05) is 74.5 Å². The van der Waals surface area contributed by atoms with Crippen LogP contribution in [-0.4, -0.2) is 112 Å². The highest BCUT2D eigenvalue weighted by Gasteiger charge is 2.39. The van der Waals surface area contributed by atoms with Crippen LogP contribution in [0.25, 0.3) is 16.9 Å². The van der Waals surface area contributed by atoms with Gasteiger partial charge in [0.05, 0.1) is 37.3 Å². The monoisotopic (exact) mass is 840 g/mol. The van der Waals surface area contributed by atoms with Crippen molar-refractivity contribution in [1.82, 2.24) is 29.1 Å². The Balaban J connectivity index is 1.18. The van der Waals surface area contributed by atoms with E-state index in [-0.39, 0.29) is 49.3 Å². The number of fused-ring (bicyclic) bond motifs is 1. The smallest absolute Gasteiger partial charge is 0.416 e. The Bertz CT molecular complexity index is 2480. The lowest BCUT2D eigenvalue weighted by Gasteiger charge is -2.33. The fourth-order valence-corrected chi connectivity index (χ4v) is 8.25. The van der Waals surface area contributed by atoms with Crippen LogP contribution in [0.4, 0.5) is 4.79 Å². The molecule has 0 N–H and O–H groups in total. The summed E-state index contributed by atoms with van der Waals surface area (Å²) in [7, 11) is 1.69. The molecule has 3 aromatic heterocycles. The Hall–Kier alpha value is -6.18. The molecule has 4 heterocycles. The predicted octanol–water partition coefficient (Wildman–Crippen LogP) is 7.37. The van der Waals surface area contributed by atoms with Gasteiger partial charge in [0.15, 0.2) is 17.2 Å². The van der Waals surface area contributed by atoms with Gasteiger partial charge < -0.3 is 23.7 Å². The van der Waals surface area contributed by atoms with E-state index >= 15 is 0 Å². The zero-order valence-electron chi connectivity index (χ0n) is 36.6. The molecule has 1 aliphatic carbocycles. The number of aromatic nitrogens is 3. The Morgan fingerprint density at radius 2 is 1.50 bits per heavy atom. The quantitative estimate of drug-likeness (QED) is 0.0926. The number of ether oxygens (including phenoxy) is 2. The van der Waals surface area contributed by atoms with Gasteiger partial charge in [0.2, 0.25) is 11.8 Å². The topological polar surface area (TPSA) is 140 Å². The fourth-order valence-electron chi connectivity index (χ4n) is 8.25. The van der Waals surface area contributed by atoms with E-state index in [9.17, 15) is 19.2 Å². The number of carbonyl (C=O) groups is 4. The maximum absolute atomic E-state index is 14.6. The molecule has 62 heavy (non-hydrogen) atoms. The molecule has 13 nitrogen and oxygen atoms in total. The maximum Gasteiger partial charge on any atom is 0.416 e. The summed E-state index contributed by atoms with van der Waals surface area (Å²) in [6, 6.07) is 23.6. The van der Waals surface area contributed by atoms with Crippen LogP contribution < -0.4 is 4.74 Å². The molecule has 1 saturated heterocycles. The number of hydrogen-bond acceptors (Lipinski definition) is 10. The maximum atomic E-state index is 14.6. The van der Waals surface area contributed by atoms with E-state index < -0.39 is 11.5 Å². The van der Waals surface area contributed by atoms with Gasteiger partial charge in [0.1, 0.15) is 11.5 Å². The van der Waals surface area contributed by atoms with E-state index in [1.807, 2.05) is 97.2 Å². The first-order valence-corrected chi connectivity index (χ1v) is 21.3. The van der Waals surface area contributed by atoms with Gasteiger partial charge in [0.25, 0.3) is 0 Å². The van der Waals surface area contributed by atoms with Crippen LogP contribution >= 0.6 is 0 Å². The van der Waals surface area contributed by atoms with Crippen LogP contribution in [0.2, 0.25) is 0 Å². The third-order valence-electron chi connectivity index (χ3n) is 11.9. The van der Waals surface area contributed by atoms with E-state index in [2.05, 4.69) is 4.90 Å². The van der Waals surface area contributed by atoms with Crippen molar-refractivity contribution in [2.45, 2.75) is 60.3 Å². The van der Waals surface area contributed by atoms with Crippen LogP contribution in [0, 0.1) is 5.41 Å². The molecule has 324 valence electrons. The van der Waals surface area contributed by atoms with Gasteiger partial charge in [0, 0.05) is 98.6 Å². The Morgan fingerprint density at radius 3 is 2.19 bits per heavy atom. The number of likely N-dealkylation sites (N-methyl/N-ethyl adjacent to an activating group) is 1. The molecule has 2 aliphatic rings. The minimum atomic E-state index is -0.902. The van der Waals surface area contributed by atoms with E-state index in [0.717, 1.165) is 36.5 Å². The molecule has 1 fully saturated rings. The summed E-state index contributed by atoms with van der Waals surface area (Å²) in [5.74, 6) is 0.330. The highest BCUT2D eigenvalue weighted by molar-refractivity contribution is 6.25. The molecule has 1 aliphatic heterocycles. The number of carbonyl (C=O) groups excluding carboxylic acids is 4. The fraction of sp³-hybridized carbons (Fsp3) is 0.388. The number of rotatable bonds is 16.